The van der Waals surface area contributed by atoms with Crippen LogP contribution in [-0.2, 0) is 13.1 Å². The van der Waals surface area contributed by atoms with Crippen molar-refractivity contribution in [2.45, 2.75) is 33.9 Å². The number of aromatic nitrogens is 2. The van der Waals surface area contributed by atoms with Gasteiger partial charge in [0.25, 0.3) is 0 Å². The Morgan fingerprint density at radius 2 is 2.09 bits per heavy atom. The minimum absolute atomic E-state index is 0.112. The maximum atomic E-state index is 9.13. The summed E-state index contributed by atoms with van der Waals surface area (Å²) in [6.07, 6.45) is 0. The van der Waals surface area contributed by atoms with Gasteiger partial charge in [0.1, 0.15) is 12.4 Å². The minimum atomic E-state index is 0.112. The molecule has 118 valence electrons. The molecule has 0 radical (unpaired) electrons. The third-order valence-electron chi connectivity index (χ3n) is 4.27. The van der Waals surface area contributed by atoms with Crippen LogP contribution in [0.1, 0.15) is 22.5 Å². The number of aryl methyl sites for hydroxylation is 2. The Hall–Kier alpha value is -2.01. The molecule has 2 aromatic rings. The van der Waals surface area contributed by atoms with E-state index >= 15 is 0 Å². The van der Waals surface area contributed by atoms with E-state index in [-0.39, 0.29) is 6.61 Å². The van der Waals surface area contributed by atoms with Gasteiger partial charge in [-0.3, -0.25) is 4.68 Å². The van der Waals surface area contributed by atoms with Crippen LogP contribution in [0.4, 0.5) is 5.69 Å². The summed E-state index contributed by atoms with van der Waals surface area (Å²) in [6, 6.07) is 6.35. The van der Waals surface area contributed by atoms with Crippen molar-refractivity contribution in [3.8, 4) is 5.75 Å². The predicted octanol–water partition coefficient (Wildman–Crippen LogP) is 2.20. The number of hydrogen-bond acceptors (Lipinski definition) is 4. The lowest BCUT2D eigenvalue weighted by atomic mass is 10.1. The standard InChI is InChI=1S/C17H23N3O2/c1-12-4-5-16-17(10-12)22-9-7-19(16)11-15-13(2)18-20(6-8-21)14(15)3/h4-5,10,21H,6-9,11H2,1-3H3. The molecule has 3 rings (SSSR count). The van der Waals surface area contributed by atoms with Crippen LogP contribution in [-0.4, -0.2) is 34.6 Å². The number of hydrogen-bond donors (Lipinski definition) is 1. The summed E-state index contributed by atoms with van der Waals surface area (Å²) >= 11 is 0. The maximum Gasteiger partial charge on any atom is 0.142 e. The van der Waals surface area contributed by atoms with Crippen LogP contribution in [0.3, 0.4) is 0 Å². The van der Waals surface area contributed by atoms with Crippen molar-refractivity contribution in [3.63, 3.8) is 0 Å². The zero-order valence-corrected chi connectivity index (χ0v) is 13.5. The van der Waals surface area contributed by atoms with Crippen molar-refractivity contribution in [1.82, 2.24) is 9.78 Å². The number of rotatable bonds is 4. The van der Waals surface area contributed by atoms with Crippen molar-refractivity contribution in [3.05, 3.63) is 40.7 Å². The molecule has 0 unspecified atom stereocenters. The molecule has 0 spiro atoms. The van der Waals surface area contributed by atoms with Crippen molar-refractivity contribution >= 4 is 5.69 Å². The summed E-state index contributed by atoms with van der Waals surface area (Å²) in [6.45, 7) is 9.25. The van der Waals surface area contributed by atoms with E-state index in [0.717, 1.165) is 35.9 Å². The number of fused-ring (bicyclic) bond motifs is 1. The van der Waals surface area contributed by atoms with E-state index in [9.17, 15) is 0 Å². The maximum absolute atomic E-state index is 9.13. The lowest BCUT2D eigenvalue weighted by Gasteiger charge is -2.31. The van der Waals surface area contributed by atoms with Crippen LogP contribution in [0.2, 0.25) is 0 Å². The highest BCUT2D eigenvalue weighted by Crippen LogP contribution is 2.33. The Labute approximate surface area is 131 Å². The van der Waals surface area contributed by atoms with E-state index in [1.54, 1.807) is 0 Å². The van der Waals surface area contributed by atoms with E-state index in [1.165, 1.54) is 11.1 Å². The quantitative estimate of drug-likeness (QED) is 0.940. The van der Waals surface area contributed by atoms with Gasteiger partial charge >= 0.3 is 0 Å². The summed E-state index contributed by atoms with van der Waals surface area (Å²) in [5.41, 5.74) is 5.76. The monoisotopic (exact) mass is 301 g/mol. The minimum Gasteiger partial charge on any atom is -0.490 e. The number of aliphatic hydroxyl groups is 1. The zero-order valence-electron chi connectivity index (χ0n) is 13.5. The molecule has 0 fully saturated rings. The molecular weight excluding hydrogens is 278 g/mol. The van der Waals surface area contributed by atoms with Gasteiger partial charge in [-0.1, -0.05) is 6.07 Å². The number of nitrogens with zero attached hydrogens (tertiary/aromatic N) is 3. The smallest absolute Gasteiger partial charge is 0.142 e. The topological polar surface area (TPSA) is 50.5 Å². The lowest BCUT2D eigenvalue weighted by Crippen LogP contribution is -2.32. The largest absolute Gasteiger partial charge is 0.490 e. The van der Waals surface area contributed by atoms with Gasteiger partial charge in [-0.25, -0.2) is 0 Å². The van der Waals surface area contributed by atoms with E-state index in [2.05, 4.69) is 42.0 Å². The van der Waals surface area contributed by atoms with Crippen molar-refractivity contribution in [1.29, 1.82) is 0 Å². The molecule has 1 N–H and O–H groups in total. The molecule has 0 atom stereocenters. The van der Waals surface area contributed by atoms with E-state index in [4.69, 9.17) is 9.84 Å². The summed E-state index contributed by atoms with van der Waals surface area (Å²) in [5.74, 6) is 0.962. The lowest BCUT2D eigenvalue weighted by molar-refractivity contribution is 0.267. The Morgan fingerprint density at radius 1 is 1.27 bits per heavy atom. The predicted molar refractivity (Wildman–Crippen MR) is 86.5 cm³/mol. The first-order valence-corrected chi connectivity index (χ1v) is 7.72. The zero-order chi connectivity index (χ0) is 15.7. The highest BCUT2D eigenvalue weighted by molar-refractivity contribution is 5.61. The van der Waals surface area contributed by atoms with Crippen LogP contribution >= 0.6 is 0 Å². The number of anilines is 1. The van der Waals surface area contributed by atoms with Crippen LogP contribution in [0, 0.1) is 20.8 Å². The van der Waals surface area contributed by atoms with Crippen LogP contribution in [0.5, 0.6) is 5.75 Å². The second-order valence-electron chi connectivity index (χ2n) is 5.84. The molecule has 5 nitrogen and oxygen atoms in total. The van der Waals surface area contributed by atoms with E-state index in [1.807, 2.05) is 11.6 Å². The summed E-state index contributed by atoms with van der Waals surface area (Å²) in [4.78, 5) is 2.35. The Kier molecular flexibility index (Phi) is 4.07. The molecule has 1 aliphatic heterocycles. The molecule has 0 saturated heterocycles. The fourth-order valence-corrected chi connectivity index (χ4v) is 3.01. The van der Waals surface area contributed by atoms with Gasteiger partial charge in [-0.2, -0.15) is 5.10 Å². The van der Waals surface area contributed by atoms with Gasteiger partial charge < -0.3 is 14.7 Å². The molecule has 0 bridgehead atoms. The summed E-state index contributed by atoms with van der Waals surface area (Å²) < 4.78 is 7.67. The molecule has 5 heteroatoms. The summed E-state index contributed by atoms with van der Waals surface area (Å²) in [5, 5.41) is 13.7. The molecule has 1 aromatic heterocycles. The second-order valence-corrected chi connectivity index (χ2v) is 5.84. The molecule has 1 aromatic carbocycles. The Bertz CT molecular complexity index is 679. The molecule has 1 aliphatic rings. The third-order valence-corrected chi connectivity index (χ3v) is 4.27. The molecule has 2 heterocycles. The van der Waals surface area contributed by atoms with E-state index in [0.29, 0.717) is 13.2 Å². The Morgan fingerprint density at radius 3 is 2.86 bits per heavy atom. The Balaban J connectivity index is 1.89. The van der Waals surface area contributed by atoms with Crippen LogP contribution < -0.4 is 9.64 Å². The van der Waals surface area contributed by atoms with Gasteiger partial charge in [-0.15, -0.1) is 0 Å². The van der Waals surface area contributed by atoms with Gasteiger partial charge in [0.2, 0.25) is 0 Å². The average molecular weight is 301 g/mol. The molecule has 0 aliphatic carbocycles. The molecule has 0 amide bonds. The van der Waals surface area contributed by atoms with Crippen molar-refractivity contribution in [2.24, 2.45) is 0 Å². The fourth-order valence-electron chi connectivity index (χ4n) is 3.01. The van der Waals surface area contributed by atoms with Crippen LogP contribution in [0.25, 0.3) is 0 Å². The normalized spacial score (nSPS) is 13.9. The third kappa shape index (κ3) is 2.68. The second kappa shape index (κ2) is 6.01. The van der Waals surface area contributed by atoms with Gasteiger partial charge in [0.15, 0.2) is 0 Å². The van der Waals surface area contributed by atoms with Crippen LogP contribution in [0.15, 0.2) is 18.2 Å². The first kappa shape index (κ1) is 14.9. The molecule has 0 saturated carbocycles. The van der Waals surface area contributed by atoms with Gasteiger partial charge in [0, 0.05) is 17.8 Å². The number of benzene rings is 1. The number of ether oxygens (including phenoxy) is 1. The van der Waals surface area contributed by atoms with Crippen molar-refractivity contribution in [2.75, 3.05) is 24.7 Å². The highest BCUT2D eigenvalue weighted by Gasteiger charge is 2.21. The summed E-state index contributed by atoms with van der Waals surface area (Å²) in [7, 11) is 0. The highest BCUT2D eigenvalue weighted by atomic mass is 16.5. The van der Waals surface area contributed by atoms with Crippen molar-refractivity contribution < 1.29 is 9.84 Å². The SMILES string of the molecule is Cc1ccc2c(c1)OCCN2Cc1c(C)nn(CCO)c1C. The fraction of sp³-hybridized carbons (Fsp3) is 0.471. The van der Waals surface area contributed by atoms with E-state index < -0.39 is 0 Å². The average Bonchev–Trinajstić information content (AvgIpc) is 2.75. The van der Waals surface area contributed by atoms with Gasteiger partial charge in [0.05, 0.1) is 31.1 Å². The van der Waals surface area contributed by atoms with Gasteiger partial charge in [-0.05, 0) is 38.5 Å². The first-order chi connectivity index (χ1) is 10.6. The first-order valence-electron chi connectivity index (χ1n) is 7.72. The number of aliphatic hydroxyl groups excluding tert-OH is 1. The molecular formula is C17H23N3O2. The molecule has 22 heavy (non-hydrogen) atoms.